The first kappa shape index (κ1) is 22.2. The van der Waals surface area contributed by atoms with Crippen LogP contribution in [0.2, 0.25) is 0 Å². The molecular formula is C21H26N2O4. The summed E-state index contributed by atoms with van der Waals surface area (Å²) in [6.45, 7) is 2.94. The van der Waals surface area contributed by atoms with Crippen molar-refractivity contribution in [3.05, 3.63) is 35.4 Å². The Bertz CT molecular complexity index is 717. The molecule has 0 unspecified atom stereocenters. The predicted octanol–water partition coefficient (Wildman–Crippen LogP) is 3.67. The number of nitrogens with one attached hydrogen (secondary N) is 1. The van der Waals surface area contributed by atoms with Crippen LogP contribution in [-0.4, -0.2) is 29.9 Å². The quantitative estimate of drug-likeness (QED) is 0.261. The van der Waals surface area contributed by atoms with Crippen molar-refractivity contribution in [3.8, 4) is 6.07 Å². The van der Waals surface area contributed by atoms with Crippen molar-refractivity contribution in [3.63, 3.8) is 0 Å². The second-order valence-electron chi connectivity index (χ2n) is 6.45. The molecule has 1 N–H and O–H groups in total. The van der Waals surface area contributed by atoms with Crippen molar-refractivity contribution in [1.29, 1.82) is 10.7 Å². The van der Waals surface area contributed by atoms with E-state index in [1.165, 1.54) is 18.9 Å². The molecule has 0 fully saturated rings. The number of ether oxygens (including phenoxy) is 1. The van der Waals surface area contributed by atoms with Crippen LogP contribution in [0.25, 0.3) is 0 Å². The van der Waals surface area contributed by atoms with Gasteiger partial charge in [-0.25, -0.2) is 0 Å². The number of nitrogens with zero attached hydrogens (tertiary/aromatic N) is 1. The number of rotatable bonds is 12. The summed E-state index contributed by atoms with van der Waals surface area (Å²) in [4.78, 5) is 35.6. The first-order chi connectivity index (χ1) is 12.9. The lowest BCUT2D eigenvalue weighted by Crippen LogP contribution is -2.25. The second-order valence-corrected chi connectivity index (χ2v) is 6.45. The summed E-state index contributed by atoms with van der Waals surface area (Å²) in [5.41, 5.74) is 1.64. The van der Waals surface area contributed by atoms with Gasteiger partial charge in [-0.3, -0.25) is 14.4 Å². The van der Waals surface area contributed by atoms with Crippen LogP contribution in [0.3, 0.4) is 0 Å². The number of Topliss-reactive ketones (excluding diaryl/α,β-unsaturated/α-hetero) is 2. The summed E-state index contributed by atoms with van der Waals surface area (Å²) in [7, 11) is 0. The van der Waals surface area contributed by atoms with Gasteiger partial charge >= 0.3 is 5.97 Å². The number of aryl methyl sites for hydroxylation is 1. The highest BCUT2D eigenvalue weighted by atomic mass is 16.5. The minimum atomic E-state index is -1.20. The highest BCUT2D eigenvalue weighted by Crippen LogP contribution is 2.11. The predicted molar refractivity (Wildman–Crippen MR) is 102 cm³/mol. The molecule has 27 heavy (non-hydrogen) atoms. The van der Waals surface area contributed by atoms with Gasteiger partial charge in [-0.1, -0.05) is 44.0 Å². The first-order valence-corrected chi connectivity index (χ1v) is 9.14. The van der Waals surface area contributed by atoms with Gasteiger partial charge in [-0.2, -0.15) is 5.26 Å². The van der Waals surface area contributed by atoms with E-state index in [9.17, 15) is 14.4 Å². The van der Waals surface area contributed by atoms with Gasteiger partial charge in [0.05, 0.1) is 12.5 Å². The molecule has 0 aromatic heterocycles. The van der Waals surface area contributed by atoms with Crippen LogP contribution in [-0.2, 0) is 20.7 Å². The summed E-state index contributed by atoms with van der Waals surface area (Å²) >= 11 is 0. The lowest BCUT2D eigenvalue weighted by atomic mass is 10.0. The zero-order valence-electron chi connectivity index (χ0n) is 15.9. The lowest BCUT2D eigenvalue weighted by molar-refractivity contribution is -0.148. The maximum atomic E-state index is 12.2. The molecule has 0 aliphatic heterocycles. The fraction of sp³-hybridized carbons (Fsp3) is 0.476. The second kappa shape index (κ2) is 11.7. The number of nitriles is 1. The van der Waals surface area contributed by atoms with Crippen molar-refractivity contribution in [2.45, 2.75) is 52.4 Å². The molecule has 1 aromatic rings. The largest absolute Gasteiger partial charge is 0.458 e. The molecule has 0 amide bonds. The van der Waals surface area contributed by atoms with Crippen LogP contribution in [0, 0.1) is 22.7 Å². The van der Waals surface area contributed by atoms with Crippen molar-refractivity contribution < 1.29 is 19.1 Å². The van der Waals surface area contributed by atoms with E-state index >= 15 is 0 Å². The van der Waals surface area contributed by atoms with E-state index in [1.807, 2.05) is 12.1 Å². The molecule has 0 aliphatic rings. The van der Waals surface area contributed by atoms with Crippen LogP contribution >= 0.6 is 0 Å². The molecule has 0 saturated carbocycles. The Labute approximate surface area is 160 Å². The smallest absolute Gasteiger partial charge is 0.306 e. The highest BCUT2D eigenvalue weighted by molar-refractivity contribution is 6.06. The molecule has 1 rings (SSSR count). The number of unbranched alkanes of at least 4 members (excludes halogenated alkanes) is 2. The maximum absolute atomic E-state index is 12.2. The van der Waals surface area contributed by atoms with Crippen LogP contribution in [0.15, 0.2) is 24.3 Å². The molecule has 0 radical (unpaired) electrons. The summed E-state index contributed by atoms with van der Waals surface area (Å²) in [6, 6.07) is 9.10. The van der Waals surface area contributed by atoms with Crippen molar-refractivity contribution in [2.24, 2.45) is 5.92 Å². The zero-order chi connectivity index (χ0) is 20.2. The molecule has 0 bridgehead atoms. The Morgan fingerprint density at radius 3 is 2.37 bits per heavy atom. The van der Waals surface area contributed by atoms with Gasteiger partial charge in [0, 0.05) is 17.7 Å². The third kappa shape index (κ3) is 7.95. The summed E-state index contributed by atoms with van der Waals surface area (Å²) in [6.07, 6.45) is 4.31. The molecule has 0 spiro atoms. The van der Waals surface area contributed by atoms with E-state index in [4.69, 9.17) is 15.4 Å². The number of carbonyl (C=O) groups excluding carboxylic acids is 3. The molecule has 0 aliphatic carbocycles. The fourth-order valence-electron chi connectivity index (χ4n) is 2.51. The number of esters is 1. The van der Waals surface area contributed by atoms with Crippen LogP contribution in [0.5, 0.6) is 0 Å². The number of ketones is 2. The van der Waals surface area contributed by atoms with Gasteiger partial charge in [-0.15, -0.1) is 0 Å². The van der Waals surface area contributed by atoms with E-state index < -0.39 is 24.3 Å². The van der Waals surface area contributed by atoms with E-state index in [0.717, 1.165) is 19.3 Å². The number of hydrogen-bond acceptors (Lipinski definition) is 6. The molecule has 1 atom stereocenters. The first-order valence-electron chi connectivity index (χ1n) is 9.14. The Hall–Kier alpha value is -2.81. The van der Waals surface area contributed by atoms with E-state index in [0.29, 0.717) is 5.56 Å². The Kier molecular flexibility index (Phi) is 9.66. The normalized spacial score (nSPS) is 11.3. The lowest BCUT2D eigenvalue weighted by Gasteiger charge is -2.07. The number of benzene rings is 1. The van der Waals surface area contributed by atoms with Crippen LogP contribution < -0.4 is 0 Å². The van der Waals surface area contributed by atoms with Crippen molar-refractivity contribution >= 4 is 23.2 Å². The number of hydrogen-bond donors (Lipinski definition) is 1. The molecule has 0 heterocycles. The van der Waals surface area contributed by atoms with Crippen molar-refractivity contribution in [1.82, 2.24) is 0 Å². The third-order valence-corrected chi connectivity index (χ3v) is 4.16. The third-order valence-electron chi connectivity index (χ3n) is 4.16. The van der Waals surface area contributed by atoms with Gasteiger partial charge in [0.1, 0.15) is 5.92 Å². The Balaban J connectivity index is 2.41. The van der Waals surface area contributed by atoms with E-state index in [-0.39, 0.29) is 24.3 Å². The summed E-state index contributed by atoms with van der Waals surface area (Å²) in [5, 5.41) is 16.2. The number of carbonyl (C=O) groups is 3. The highest BCUT2D eigenvalue weighted by Gasteiger charge is 2.21. The molecule has 1 aromatic carbocycles. The average molecular weight is 370 g/mol. The standard InChI is InChI=1S/C21H26N2O4/c1-3-4-5-6-16-7-9-17(10-8-16)19(24)11-12-21(26)27-14-20(25)18(13-22)15(2)23/h7-10,18,23H,3-6,11-12,14H2,1-2H3/t18-/m0/s1. The van der Waals surface area contributed by atoms with Crippen LogP contribution in [0.4, 0.5) is 0 Å². The van der Waals surface area contributed by atoms with E-state index in [2.05, 4.69) is 6.92 Å². The monoisotopic (exact) mass is 370 g/mol. The molecule has 0 saturated heterocycles. The average Bonchev–Trinajstić information content (AvgIpc) is 2.65. The SMILES string of the molecule is CCCCCc1ccc(C(=O)CCC(=O)OCC(=O)[C@@H](C#N)C(C)=N)cc1. The minimum absolute atomic E-state index is 0.00647. The maximum Gasteiger partial charge on any atom is 0.306 e. The van der Waals surface area contributed by atoms with Crippen molar-refractivity contribution in [2.75, 3.05) is 6.61 Å². The molecule has 6 heteroatoms. The minimum Gasteiger partial charge on any atom is -0.458 e. The Morgan fingerprint density at radius 2 is 1.81 bits per heavy atom. The molecule has 144 valence electrons. The topological polar surface area (TPSA) is 108 Å². The summed E-state index contributed by atoms with van der Waals surface area (Å²) < 4.78 is 4.81. The van der Waals surface area contributed by atoms with Gasteiger partial charge in [0.2, 0.25) is 0 Å². The fourth-order valence-corrected chi connectivity index (χ4v) is 2.51. The molecule has 6 nitrogen and oxygen atoms in total. The van der Waals surface area contributed by atoms with Crippen LogP contribution in [0.1, 0.15) is 61.9 Å². The summed E-state index contributed by atoms with van der Waals surface area (Å²) in [5.74, 6) is -2.67. The van der Waals surface area contributed by atoms with Gasteiger partial charge in [-0.05, 0) is 25.3 Å². The zero-order valence-corrected chi connectivity index (χ0v) is 15.9. The van der Waals surface area contributed by atoms with Gasteiger partial charge in [0.15, 0.2) is 18.2 Å². The van der Waals surface area contributed by atoms with Gasteiger partial charge < -0.3 is 10.1 Å². The van der Waals surface area contributed by atoms with Gasteiger partial charge in [0.25, 0.3) is 0 Å². The van der Waals surface area contributed by atoms with E-state index in [1.54, 1.807) is 18.2 Å². The Morgan fingerprint density at radius 1 is 1.15 bits per heavy atom. The molecular weight excluding hydrogens is 344 g/mol.